The number of hydrogen-bond acceptors (Lipinski definition) is 6. The maximum atomic E-state index is 14.5. The lowest BCUT2D eigenvalue weighted by Gasteiger charge is -2.13. The van der Waals surface area contributed by atoms with Gasteiger partial charge in [-0.1, -0.05) is 23.9 Å². The number of hydrogen-bond donors (Lipinski definition) is 0. The van der Waals surface area contributed by atoms with Crippen molar-refractivity contribution in [3.8, 4) is 5.69 Å². The highest BCUT2D eigenvalue weighted by Crippen LogP contribution is 2.35. The van der Waals surface area contributed by atoms with Gasteiger partial charge in [-0.05, 0) is 43.4 Å². The van der Waals surface area contributed by atoms with Crippen molar-refractivity contribution in [3.05, 3.63) is 50.9 Å². The summed E-state index contributed by atoms with van der Waals surface area (Å²) < 4.78 is 20.4. The van der Waals surface area contributed by atoms with Gasteiger partial charge in [-0.15, -0.1) is 11.3 Å². The minimum atomic E-state index is -0.509. The van der Waals surface area contributed by atoms with Gasteiger partial charge < -0.3 is 4.74 Å². The Hall–Kier alpha value is -2.19. The van der Waals surface area contributed by atoms with E-state index in [0.29, 0.717) is 15.4 Å². The molecule has 0 spiro atoms. The second kappa shape index (κ2) is 7.44. The second-order valence-electron chi connectivity index (χ2n) is 6.24. The molecule has 0 aliphatic heterocycles. The molecule has 0 N–H and O–H groups in total. The van der Waals surface area contributed by atoms with Crippen LogP contribution >= 0.6 is 23.1 Å². The number of halogens is 1. The average molecular weight is 404 g/mol. The molecule has 140 valence electrons. The molecule has 0 amide bonds. The number of benzene rings is 1. The number of aryl methyl sites for hydroxylation is 2. The Labute approximate surface area is 163 Å². The Bertz CT molecular complexity index is 1090. The van der Waals surface area contributed by atoms with Crippen molar-refractivity contribution >= 4 is 39.3 Å². The van der Waals surface area contributed by atoms with Crippen LogP contribution < -0.4 is 5.56 Å². The smallest absolute Gasteiger partial charge is 0.316 e. The van der Waals surface area contributed by atoms with Crippen molar-refractivity contribution in [1.29, 1.82) is 0 Å². The van der Waals surface area contributed by atoms with Gasteiger partial charge in [0, 0.05) is 4.88 Å². The highest BCUT2D eigenvalue weighted by molar-refractivity contribution is 7.99. The number of carbonyl (C=O) groups excluding carboxylic acids is 1. The molecule has 1 aliphatic carbocycles. The maximum absolute atomic E-state index is 14.5. The lowest BCUT2D eigenvalue weighted by Crippen LogP contribution is -2.23. The van der Waals surface area contributed by atoms with Gasteiger partial charge in [0.05, 0.1) is 23.9 Å². The highest BCUT2D eigenvalue weighted by atomic mass is 32.2. The molecule has 0 unspecified atom stereocenters. The summed E-state index contributed by atoms with van der Waals surface area (Å²) in [5, 5.41) is 0.877. The average Bonchev–Trinajstić information content (AvgIpc) is 3.05. The van der Waals surface area contributed by atoms with Crippen LogP contribution in [0, 0.1) is 5.82 Å². The summed E-state index contributed by atoms with van der Waals surface area (Å²) in [6, 6.07) is 6.10. The maximum Gasteiger partial charge on any atom is 0.316 e. The minimum Gasteiger partial charge on any atom is -0.468 e. The predicted octanol–water partition coefficient (Wildman–Crippen LogP) is 3.73. The van der Waals surface area contributed by atoms with Crippen LogP contribution in [-0.2, 0) is 22.4 Å². The summed E-state index contributed by atoms with van der Waals surface area (Å²) >= 11 is 2.60. The molecule has 0 fully saturated rings. The predicted molar refractivity (Wildman–Crippen MR) is 105 cm³/mol. The number of methoxy groups -OCH3 is 1. The van der Waals surface area contributed by atoms with Gasteiger partial charge in [0.2, 0.25) is 0 Å². The molecule has 0 atom stereocenters. The molecule has 0 saturated heterocycles. The van der Waals surface area contributed by atoms with Crippen molar-refractivity contribution in [2.45, 2.75) is 30.8 Å². The van der Waals surface area contributed by atoms with E-state index in [-0.39, 0.29) is 17.0 Å². The van der Waals surface area contributed by atoms with Gasteiger partial charge >= 0.3 is 5.97 Å². The fraction of sp³-hybridized carbons (Fsp3) is 0.316. The van der Waals surface area contributed by atoms with Crippen LogP contribution in [-0.4, -0.2) is 28.4 Å². The van der Waals surface area contributed by atoms with E-state index < -0.39 is 11.8 Å². The molecule has 8 heteroatoms. The SMILES string of the molecule is COC(=O)CSc1nc2sc3c(c2c(=O)n1-c1ccccc1F)CCCC3. The van der Waals surface area contributed by atoms with Crippen molar-refractivity contribution in [3.63, 3.8) is 0 Å². The molecule has 4 rings (SSSR count). The third kappa shape index (κ3) is 3.27. The molecule has 2 aromatic heterocycles. The summed E-state index contributed by atoms with van der Waals surface area (Å²) in [6.07, 6.45) is 3.93. The molecule has 5 nitrogen and oxygen atoms in total. The first kappa shape index (κ1) is 18.2. The molecule has 3 aromatic rings. The van der Waals surface area contributed by atoms with Gasteiger partial charge in [-0.2, -0.15) is 0 Å². The number of nitrogens with zero attached hydrogens (tertiary/aromatic N) is 2. The largest absolute Gasteiger partial charge is 0.468 e. The first-order chi connectivity index (χ1) is 13.1. The zero-order chi connectivity index (χ0) is 19.0. The fourth-order valence-corrected chi connectivity index (χ4v) is 5.45. The van der Waals surface area contributed by atoms with Crippen LogP contribution in [0.2, 0.25) is 0 Å². The Morgan fingerprint density at radius 2 is 2.11 bits per heavy atom. The summed E-state index contributed by atoms with van der Waals surface area (Å²) in [6.45, 7) is 0. The van der Waals surface area contributed by atoms with Crippen LogP contribution in [0.4, 0.5) is 4.39 Å². The molecule has 2 heterocycles. The van der Waals surface area contributed by atoms with Crippen LogP contribution in [0.5, 0.6) is 0 Å². The van der Waals surface area contributed by atoms with E-state index in [1.807, 2.05) is 0 Å². The number of carbonyl (C=O) groups is 1. The third-order valence-corrected chi connectivity index (χ3v) is 6.70. The van der Waals surface area contributed by atoms with Crippen LogP contribution in [0.25, 0.3) is 15.9 Å². The van der Waals surface area contributed by atoms with Crippen molar-refractivity contribution in [1.82, 2.24) is 9.55 Å². The Balaban J connectivity index is 1.96. The van der Waals surface area contributed by atoms with E-state index in [9.17, 15) is 14.0 Å². The molecular formula is C19H17FN2O3S2. The summed E-state index contributed by atoms with van der Waals surface area (Å²) in [7, 11) is 1.30. The van der Waals surface area contributed by atoms with Gasteiger partial charge in [-0.3, -0.25) is 14.2 Å². The van der Waals surface area contributed by atoms with Gasteiger partial charge in [0.15, 0.2) is 5.16 Å². The van der Waals surface area contributed by atoms with E-state index >= 15 is 0 Å². The summed E-state index contributed by atoms with van der Waals surface area (Å²) in [4.78, 5) is 31.4. The lowest BCUT2D eigenvalue weighted by molar-refractivity contribution is -0.137. The standard InChI is InChI=1S/C19H17FN2O3S2/c1-25-15(23)10-26-19-21-17-16(11-6-2-5-9-14(11)27-17)18(24)22(19)13-8-4-3-7-12(13)20/h3-4,7-8H,2,5-6,9-10H2,1H3. The third-order valence-electron chi connectivity index (χ3n) is 4.60. The number of fused-ring (bicyclic) bond motifs is 3. The van der Waals surface area contributed by atoms with Crippen LogP contribution in [0.1, 0.15) is 23.3 Å². The van der Waals surface area contributed by atoms with E-state index in [2.05, 4.69) is 9.72 Å². The van der Waals surface area contributed by atoms with Gasteiger partial charge in [0.1, 0.15) is 10.6 Å². The van der Waals surface area contributed by atoms with Gasteiger partial charge in [-0.25, -0.2) is 9.37 Å². The van der Waals surface area contributed by atoms with E-state index in [1.54, 1.807) is 18.2 Å². The number of thiophene rings is 1. The first-order valence-corrected chi connectivity index (χ1v) is 10.4. The van der Waals surface area contributed by atoms with E-state index in [0.717, 1.165) is 43.0 Å². The fourth-order valence-electron chi connectivity index (χ4n) is 3.31. The van der Waals surface area contributed by atoms with E-state index in [4.69, 9.17) is 0 Å². The topological polar surface area (TPSA) is 61.2 Å². The molecule has 0 bridgehead atoms. The number of rotatable bonds is 4. The van der Waals surface area contributed by atoms with Crippen molar-refractivity contribution in [2.24, 2.45) is 0 Å². The molecule has 27 heavy (non-hydrogen) atoms. The lowest BCUT2D eigenvalue weighted by atomic mass is 9.97. The molecular weight excluding hydrogens is 387 g/mol. The number of thioether (sulfide) groups is 1. The zero-order valence-electron chi connectivity index (χ0n) is 14.7. The molecule has 1 aliphatic rings. The monoisotopic (exact) mass is 404 g/mol. The number of esters is 1. The summed E-state index contributed by atoms with van der Waals surface area (Å²) in [5.74, 6) is -0.946. The number of aromatic nitrogens is 2. The van der Waals surface area contributed by atoms with Crippen LogP contribution in [0.3, 0.4) is 0 Å². The number of para-hydroxylation sites is 1. The van der Waals surface area contributed by atoms with Crippen LogP contribution in [0.15, 0.2) is 34.2 Å². The van der Waals surface area contributed by atoms with Crippen molar-refractivity contribution < 1.29 is 13.9 Å². The highest BCUT2D eigenvalue weighted by Gasteiger charge is 2.24. The summed E-state index contributed by atoms with van der Waals surface area (Å²) in [5.41, 5.74) is 0.908. The second-order valence-corrected chi connectivity index (χ2v) is 8.27. The Morgan fingerprint density at radius 1 is 1.33 bits per heavy atom. The minimum absolute atomic E-state index is 0.00596. The number of ether oxygens (including phenoxy) is 1. The first-order valence-electron chi connectivity index (χ1n) is 8.62. The Morgan fingerprint density at radius 3 is 2.89 bits per heavy atom. The van der Waals surface area contributed by atoms with Crippen molar-refractivity contribution in [2.75, 3.05) is 12.9 Å². The molecule has 0 radical (unpaired) electrons. The Kier molecular flexibility index (Phi) is 5.01. The molecule has 0 saturated carbocycles. The van der Waals surface area contributed by atoms with Gasteiger partial charge in [0.25, 0.3) is 5.56 Å². The normalized spacial score (nSPS) is 13.6. The zero-order valence-corrected chi connectivity index (χ0v) is 16.3. The molecule has 1 aromatic carbocycles. The van der Waals surface area contributed by atoms with E-state index in [1.165, 1.54) is 34.0 Å². The quantitative estimate of drug-likeness (QED) is 0.377.